The summed E-state index contributed by atoms with van der Waals surface area (Å²) in [7, 11) is -4.09. The summed E-state index contributed by atoms with van der Waals surface area (Å²) in [6.07, 6.45) is 4.87. The van der Waals surface area contributed by atoms with Gasteiger partial charge in [0, 0.05) is 0 Å². The van der Waals surface area contributed by atoms with Crippen LogP contribution in [0.1, 0.15) is 6.42 Å². The van der Waals surface area contributed by atoms with Crippen LogP contribution in [0.25, 0.3) is 0 Å². The zero-order valence-electron chi connectivity index (χ0n) is 14.8. The van der Waals surface area contributed by atoms with Crippen molar-refractivity contribution in [1.82, 2.24) is 0 Å². The fourth-order valence-corrected chi connectivity index (χ4v) is 5.57. The van der Waals surface area contributed by atoms with Crippen molar-refractivity contribution in [3.05, 3.63) is 66.7 Å². The molecule has 0 radical (unpaired) electrons. The molecule has 0 spiro atoms. The van der Waals surface area contributed by atoms with E-state index in [1.807, 2.05) is 12.2 Å². The van der Waals surface area contributed by atoms with Crippen molar-refractivity contribution in [2.75, 3.05) is 4.90 Å². The van der Waals surface area contributed by atoms with Crippen LogP contribution in [0.4, 0.5) is 5.69 Å². The van der Waals surface area contributed by atoms with Crippen LogP contribution >= 0.6 is 0 Å². The molecular weight excluding hydrogens is 378 g/mol. The van der Waals surface area contributed by atoms with Crippen molar-refractivity contribution in [3.63, 3.8) is 0 Å². The summed E-state index contributed by atoms with van der Waals surface area (Å²) in [6, 6.07) is 14.0. The Morgan fingerprint density at radius 3 is 2.04 bits per heavy atom. The third-order valence-corrected chi connectivity index (χ3v) is 7.06. The van der Waals surface area contributed by atoms with E-state index in [0.717, 1.165) is 11.3 Å². The molecule has 3 aliphatic rings. The third kappa shape index (κ3) is 2.43. The van der Waals surface area contributed by atoms with Crippen molar-refractivity contribution < 1.29 is 22.2 Å². The molecule has 1 aliphatic heterocycles. The zero-order chi connectivity index (χ0) is 19.5. The Balaban J connectivity index is 1.52. The van der Waals surface area contributed by atoms with Gasteiger partial charge in [0.2, 0.25) is 11.8 Å². The topological polar surface area (TPSA) is 80.8 Å². The minimum Gasteiger partial charge on any atom is -0.377 e. The first-order chi connectivity index (χ1) is 13.5. The summed E-state index contributed by atoms with van der Waals surface area (Å²) < 4.78 is 30.6. The Kier molecular flexibility index (Phi) is 3.71. The molecule has 1 saturated carbocycles. The maximum absolute atomic E-state index is 13.0. The Labute approximate surface area is 162 Å². The number of fused-ring (bicyclic) bond motifs is 5. The van der Waals surface area contributed by atoms with Crippen molar-refractivity contribution in [3.8, 4) is 5.75 Å². The van der Waals surface area contributed by atoms with Crippen LogP contribution in [0.3, 0.4) is 0 Å². The lowest BCUT2D eigenvalue weighted by atomic mass is 9.85. The second kappa shape index (κ2) is 6.04. The summed E-state index contributed by atoms with van der Waals surface area (Å²) in [4.78, 5) is 27.2. The highest BCUT2D eigenvalue weighted by Crippen LogP contribution is 2.53. The van der Waals surface area contributed by atoms with Crippen LogP contribution in [0.2, 0.25) is 0 Å². The number of amides is 2. The van der Waals surface area contributed by atoms with Crippen LogP contribution in [0.15, 0.2) is 71.6 Å². The molecule has 5 rings (SSSR count). The maximum Gasteiger partial charge on any atom is 0.339 e. The number of anilines is 1. The molecule has 142 valence electrons. The Morgan fingerprint density at radius 2 is 1.39 bits per heavy atom. The predicted molar refractivity (Wildman–Crippen MR) is 101 cm³/mol. The molecule has 0 unspecified atom stereocenters. The first kappa shape index (κ1) is 17.2. The molecule has 2 fully saturated rings. The lowest BCUT2D eigenvalue weighted by molar-refractivity contribution is -0.123. The smallest absolute Gasteiger partial charge is 0.339 e. The first-order valence-electron chi connectivity index (χ1n) is 9.12. The van der Waals surface area contributed by atoms with Crippen LogP contribution in [0.5, 0.6) is 5.75 Å². The average Bonchev–Trinajstić information content (AvgIpc) is 3.37. The number of carbonyl (C=O) groups excluding carboxylic acids is 2. The van der Waals surface area contributed by atoms with Gasteiger partial charge in [-0.2, -0.15) is 8.42 Å². The van der Waals surface area contributed by atoms with E-state index in [4.69, 9.17) is 4.18 Å². The highest BCUT2D eigenvalue weighted by atomic mass is 32.2. The average molecular weight is 395 g/mol. The summed E-state index contributed by atoms with van der Waals surface area (Å²) in [5.41, 5.74) is 0.172. The molecule has 1 heterocycles. The van der Waals surface area contributed by atoms with Crippen LogP contribution in [-0.4, -0.2) is 20.2 Å². The van der Waals surface area contributed by atoms with E-state index in [1.165, 1.54) is 18.2 Å². The standard InChI is InChI=1S/C21H17NO5S/c23-20-18-13-10-11-14(12-13)19(18)21(24)22(20)16-8-4-5-9-17(16)27-28(25,26)15-6-2-1-3-7-15/h1-11,13-14,18-19H,12H2/t13-,14-,18-,19+/m0/s1. The molecule has 2 aromatic rings. The van der Waals surface area contributed by atoms with Gasteiger partial charge in [0.05, 0.1) is 17.5 Å². The second-order valence-corrected chi connectivity index (χ2v) is 8.88. The van der Waals surface area contributed by atoms with Crippen molar-refractivity contribution >= 4 is 27.6 Å². The SMILES string of the molecule is O=C1[C@@H]2[C@H](C(=O)N1c1ccccc1OS(=O)(=O)c1ccccc1)[C@H]1C=C[C@H]2C1. The van der Waals surface area contributed by atoms with Crippen LogP contribution in [0, 0.1) is 23.7 Å². The minimum absolute atomic E-state index is 0.00277. The molecular formula is C21H17NO5S. The third-order valence-electron chi connectivity index (χ3n) is 5.81. The highest BCUT2D eigenvalue weighted by Gasteiger charge is 2.60. The number of para-hydroxylation sites is 2. The molecule has 6 nitrogen and oxygen atoms in total. The fourth-order valence-electron chi connectivity index (χ4n) is 4.61. The van der Waals surface area contributed by atoms with E-state index in [-0.39, 0.29) is 51.8 Å². The lowest BCUT2D eigenvalue weighted by Crippen LogP contribution is -2.33. The van der Waals surface area contributed by atoms with E-state index in [1.54, 1.807) is 36.4 Å². The molecule has 7 heteroatoms. The number of allylic oxidation sites excluding steroid dienone is 2. The molecule has 2 bridgehead atoms. The molecule has 2 aliphatic carbocycles. The molecule has 2 aromatic carbocycles. The number of hydrogen-bond donors (Lipinski definition) is 0. The molecule has 0 N–H and O–H groups in total. The molecule has 0 aromatic heterocycles. The zero-order valence-corrected chi connectivity index (χ0v) is 15.6. The Bertz CT molecular complexity index is 1080. The summed E-state index contributed by atoms with van der Waals surface area (Å²) in [5.74, 6) is -1.15. The largest absolute Gasteiger partial charge is 0.377 e. The van der Waals surface area contributed by atoms with E-state index in [2.05, 4.69) is 0 Å². The van der Waals surface area contributed by atoms with E-state index >= 15 is 0 Å². The van der Waals surface area contributed by atoms with Gasteiger partial charge in [-0.25, -0.2) is 4.90 Å². The number of carbonyl (C=O) groups is 2. The first-order valence-corrected chi connectivity index (χ1v) is 10.5. The summed E-state index contributed by atoms with van der Waals surface area (Å²) in [5, 5.41) is 0. The van der Waals surface area contributed by atoms with Gasteiger partial charge in [-0.1, -0.05) is 42.5 Å². The van der Waals surface area contributed by atoms with Gasteiger partial charge >= 0.3 is 10.1 Å². The van der Waals surface area contributed by atoms with E-state index in [0.29, 0.717) is 0 Å². The molecule has 2 amide bonds. The van der Waals surface area contributed by atoms with Gasteiger partial charge in [0.1, 0.15) is 4.90 Å². The molecule has 1 saturated heterocycles. The van der Waals surface area contributed by atoms with Gasteiger partial charge in [-0.3, -0.25) is 9.59 Å². The van der Waals surface area contributed by atoms with Gasteiger partial charge in [-0.05, 0) is 42.5 Å². The number of rotatable bonds is 4. The van der Waals surface area contributed by atoms with E-state index < -0.39 is 10.1 Å². The maximum atomic E-state index is 13.0. The van der Waals surface area contributed by atoms with Crippen LogP contribution in [-0.2, 0) is 19.7 Å². The number of imide groups is 1. The van der Waals surface area contributed by atoms with Gasteiger partial charge in [-0.15, -0.1) is 0 Å². The minimum atomic E-state index is -4.09. The lowest BCUT2D eigenvalue weighted by Gasteiger charge is -2.20. The summed E-state index contributed by atoms with van der Waals surface area (Å²) >= 11 is 0. The fraction of sp³-hybridized carbons (Fsp3) is 0.238. The number of nitrogens with zero attached hydrogens (tertiary/aromatic N) is 1. The van der Waals surface area contributed by atoms with Gasteiger partial charge < -0.3 is 4.18 Å². The second-order valence-electron chi connectivity index (χ2n) is 7.33. The Morgan fingerprint density at radius 1 is 0.821 bits per heavy atom. The molecule has 28 heavy (non-hydrogen) atoms. The quantitative estimate of drug-likeness (QED) is 0.452. The molecule has 4 atom stereocenters. The van der Waals surface area contributed by atoms with Crippen molar-refractivity contribution in [2.45, 2.75) is 11.3 Å². The van der Waals surface area contributed by atoms with Crippen molar-refractivity contribution in [1.29, 1.82) is 0 Å². The normalized spacial score (nSPS) is 28.1. The van der Waals surface area contributed by atoms with Gasteiger partial charge in [0.25, 0.3) is 0 Å². The van der Waals surface area contributed by atoms with Gasteiger partial charge in [0.15, 0.2) is 5.75 Å². The number of benzene rings is 2. The highest BCUT2D eigenvalue weighted by molar-refractivity contribution is 7.87. The van der Waals surface area contributed by atoms with Crippen LogP contribution < -0.4 is 9.08 Å². The number of hydrogen-bond acceptors (Lipinski definition) is 5. The van der Waals surface area contributed by atoms with Crippen molar-refractivity contribution in [2.24, 2.45) is 23.7 Å². The predicted octanol–water partition coefficient (Wildman–Crippen LogP) is 2.77. The van der Waals surface area contributed by atoms with E-state index in [9.17, 15) is 18.0 Å². The Hall–Kier alpha value is -2.93. The summed E-state index contributed by atoms with van der Waals surface area (Å²) in [6.45, 7) is 0. The monoisotopic (exact) mass is 395 g/mol.